The van der Waals surface area contributed by atoms with E-state index < -0.39 is 0 Å². The first-order valence-corrected chi connectivity index (χ1v) is 2.97. The van der Waals surface area contributed by atoms with E-state index in [1.165, 1.54) is 5.56 Å². The van der Waals surface area contributed by atoms with E-state index in [1.807, 2.05) is 6.07 Å². The Labute approximate surface area is 103 Å². The number of hydrogen-bond donors (Lipinski definition) is 0. The largest absolute Gasteiger partial charge is 0.0622 e. The number of rotatable bonds is 1. The fourth-order valence-electron chi connectivity index (χ4n) is 0.714. The summed E-state index contributed by atoms with van der Waals surface area (Å²) >= 11 is 0. The summed E-state index contributed by atoms with van der Waals surface area (Å²) < 4.78 is 0. The normalized spacial score (nSPS) is 7.30. The molecule has 0 radical (unpaired) electrons. The first-order chi connectivity index (χ1) is 3.93. The van der Waals surface area contributed by atoms with Gasteiger partial charge in [0.25, 0.3) is 0 Å². The van der Waals surface area contributed by atoms with Crippen LogP contribution in [-0.4, -0.2) is 0 Å². The van der Waals surface area contributed by atoms with Gasteiger partial charge in [-0.3, -0.25) is 0 Å². The second-order valence-corrected chi connectivity index (χ2v) is 1.84. The molecule has 0 aliphatic heterocycles. The van der Waals surface area contributed by atoms with Crippen LogP contribution in [0.1, 0.15) is 12.5 Å². The molecule has 1 aromatic carbocycles. The van der Waals surface area contributed by atoms with Crippen molar-refractivity contribution in [3.8, 4) is 0 Å². The summed E-state index contributed by atoms with van der Waals surface area (Å²) in [6.07, 6.45) is 1.14. The molecule has 0 bridgehead atoms. The maximum atomic E-state index is 2.16. The molecule has 0 fully saturated rings. The third kappa shape index (κ3) is 4.84. The number of aryl methyl sites for hydroxylation is 1. The minimum absolute atomic E-state index is 0. The van der Waals surface area contributed by atoms with Crippen LogP contribution in [-0.2, 0) is 61.8 Å². The number of hydrogen-bond acceptors (Lipinski definition) is 0. The molecule has 46 valence electrons. The van der Waals surface area contributed by atoms with E-state index in [4.69, 9.17) is 0 Å². The summed E-state index contributed by atoms with van der Waals surface area (Å²) in [6.45, 7) is 2.16. The summed E-state index contributed by atoms with van der Waals surface area (Å²) in [5.41, 5.74) is 1.41. The maximum absolute atomic E-state index is 2.16. The Balaban J connectivity index is 0. The Morgan fingerprint density at radius 3 is 1.80 bits per heavy atom. The molecule has 1 rings (SSSR count). The Morgan fingerprint density at radius 2 is 1.50 bits per heavy atom. The van der Waals surface area contributed by atoms with E-state index in [9.17, 15) is 0 Å². The molecule has 0 N–H and O–H groups in total. The van der Waals surface area contributed by atoms with E-state index in [2.05, 4.69) is 31.2 Å². The van der Waals surface area contributed by atoms with E-state index in [-0.39, 0.29) is 55.3 Å². The van der Waals surface area contributed by atoms with Crippen molar-refractivity contribution in [1.82, 2.24) is 0 Å². The molecule has 2 heteroatoms. The number of benzene rings is 1. The van der Waals surface area contributed by atoms with Gasteiger partial charge < -0.3 is 0 Å². The minimum Gasteiger partial charge on any atom is -0.0622 e. The van der Waals surface area contributed by atoms with Crippen LogP contribution in [0.5, 0.6) is 0 Å². The molecule has 0 atom stereocenters. The zero-order chi connectivity index (χ0) is 5.82. The van der Waals surface area contributed by atoms with Crippen LogP contribution in [0.2, 0.25) is 0 Å². The predicted molar refractivity (Wildman–Crippen MR) is 35.8 cm³/mol. The SMILES string of the molecule is CCc1ccccc1.[Hg].[Hg]. The molecule has 0 aliphatic rings. The van der Waals surface area contributed by atoms with Crippen LogP contribution in [0.4, 0.5) is 0 Å². The van der Waals surface area contributed by atoms with Crippen LogP contribution in [0.25, 0.3) is 0 Å². The van der Waals surface area contributed by atoms with E-state index >= 15 is 0 Å². The zero-order valence-electron chi connectivity index (χ0n) is 6.51. The Bertz CT molecular complexity index is 149. The van der Waals surface area contributed by atoms with Gasteiger partial charge in [-0.25, -0.2) is 0 Å². The second kappa shape index (κ2) is 8.19. The topological polar surface area (TPSA) is 0 Å². The van der Waals surface area contributed by atoms with Crippen LogP contribution < -0.4 is 0 Å². The molecule has 0 spiro atoms. The van der Waals surface area contributed by atoms with Crippen molar-refractivity contribution in [2.45, 2.75) is 13.3 Å². The third-order valence-electron chi connectivity index (χ3n) is 1.25. The second-order valence-electron chi connectivity index (χ2n) is 1.84. The molecule has 0 aliphatic carbocycles. The summed E-state index contributed by atoms with van der Waals surface area (Å²) in [5.74, 6) is 0. The van der Waals surface area contributed by atoms with Gasteiger partial charge in [-0.15, -0.1) is 0 Å². The van der Waals surface area contributed by atoms with Crippen LogP contribution in [0.3, 0.4) is 0 Å². The van der Waals surface area contributed by atoms with Crippen molar-refractivity contribution in [3.63, 3.8) is 0 Å². The molecule has 0 nitrogen and oxygen atoms in total. The average Bonchev–Trinajstić information content (AvgIpc) is 1.90. The smallest absolute Gasteiger partial charge is 0 e. The molecule has 10 heavy (non-hydrogen) atoms. The van der Waals surface area contributed by atoms with Crippen molar-refractivity contribution >= 4 is 0 Å². The standard InChI is InChI=1S/C8H10.2Hg/c1-2-8-6-4-3-5-7-8;;/h3-7H,2H2,1H3;;. The first-order valence-electron chi connectivity index (χ1n) is 2.97. The molecular formula is C8H10Hg2. The quantitative estimate of drug-likeness (QED) is 0.512. The molecule has 0 heterocycles. The zero-order valence-corrected chi connectivity index (χ0v) is 17.5. The van der Waals surface area contributed by atoms with Crippen molar-refractivity contribution in [3.05, 3.63) is 35.9 Å². The van der Waals surface area contributed by atoms with Gasteiger partial charge in [0, 0.05) is 55.3 Å². The van der Waals surface area contributed by atoms with Crippen molar-refractivity contribution in [2.24, 2.45) is 0 Å². The van der Waals surface area contributed by atoms with Gasteiger partial charge in [0.2, 0.25) is 0 Å². The van der Waals surface area contributed by atoms with Gasteiger partial charge in [-0.1, -0.05) is 37.3 Å². The fraction of sp³-hybridized carbons (Fsp3) is 0.250. The fourth-order valence-corrected chi connectivity index (χ4v) is 0.714. The first kappa shape index (κ1) is 13.7. The molecule has 1 aromatic rings. The molecule has 0 unspecified atom stereocenters. The van der Waals surface area contributed by atoms with Gasteiger partial charge >= 0.3 is 0 Å². The molecule has 0 aromatic heterocycles. The molecular weight excluding hydrogens is 497 g/mol. The Morgan fingerprint density at radius 1 is 1.00 bits per heavy atom. The van der Waals surface area contributed by atoms with Gasteiger partial charge in [0.05, 0.1) is 0 Å². The maximum Gasteiger partial charge on any atom is 0 e. The minimum atomic E-state index is 0. The third-order valence-corrected chi connectivity index (χ3v) is 1.25. The monoisotopic (exact) mass is 510 g/mol. The predicted octanol–water partition coefficient (Wildman–Crippen LogP) is 2.24. The molecule has 0 saturated heterocycles. The van der Waals surface area contributed by atoms with Crippen molar-refractivity contribution in [1.29, 1.82) is 0 Å². The van der Waals surface area contributed by atoms with E-state index in [0.717, 1.165) is 6.42 Å². The van der Waals surface area contributed by atoms with E-state index in [0.29, 0.717) is 0 Å². The average molecular weight is 507 g/mol. The summed E-state index contributed by atoms with van der Waals surface area (Å²) in [5, 5.41) is 0. The molecule has 0 amide bonds. The molecule has 0 saturated carbocycles. The Kier molecular flexibility index (Phi) is 11.2. The van der Waals surface area contributed by atoms with Gasteiger partial charge in [-0.2, -0.15) is 0 Å². The van der Waals surface area contributed by atoms with Crippen LogP contribution >= 0.6 is 0 Å². The summed E-state index contributed by atoms with van der Waals surface area (Å²) in [7, 11) is 0. The van der Waals surface area contributed by atoms with Gasteiger partial charge in [0.15, 0.2) is 0 Å². The van der Waals surface area contributed by atoms with Crippen molar-refractivity contribution < 1.29 is 55.3 Å². The van der Waals surface area contributed by atoms with Gasteiger partial charge in [0.1, 0.15) is 0 Å². The van der Waals surface area contributed by atoms with Crippen LogP contribution in [0, 0.1) is 0 Å². The summed E-state index contributed by atoms with van der Waals surface area (Å²) in [6, 6.07) is 10.5. The van der Waals surface area contributed by atoms with Crippen molar-refractivity contribution in [2.75, 3.05) is 0 Å². The van der Waals surface area contributed by atoms with Crippen LogP contribution in [0.15, 0.2) is 30.3 Å². The Hall–Kier alpha value is 1.09. The summed E-state index contributed by atoms with van der Waals surface area (Å²) in [4.78, 5) is 0. The van der Waals surface area contributed by atoms with Gasteiger partial charge in [-0.05, 0) is 12.0 Å². The van der Waals surface area contributed by atoms with E-state index in [1.54, 1.807) is 0 Å².